The zero-order valence-corrected chi connectivity index (χ0v) is 15.9. The van der Waals surface area contributed by atoms with Gasteiger partial charge in [0.2, 0.25) is 0 Å². The standard InChI is InChI=1S/C15H21BrO9/c1-7(17)22-6-15(21)5-11(16)12(23-8(2)18)13(24-9(3)19)14(15)25-10(4)20/h11-14,21H,5-6H2,1-4H3/t11-,12+,13-,14+,15+/m1/s1. The summed E-state index contributed by atoms with van der Waals surface area (Å²) in [6.07, 6.45) is -3.78. The molecule has 0 aromatic carbocycles. The maximum Gasteiger partial charge on any atom is 0.303 e. The fourth-order valence-electron chi connectivity index (χ4n) is 2.63. The van der Waals surface area contributed by atoms with E-state index in [9.17, 15) is 24.3 Å². The highest BCUT2D eigenvalue weighted by atomic mass is 79.9. The number of carbonyl (C=O) groups is 4. The van der Waals surface area contributed by atoms with E-state index in [1.807, 2.05) is 0 Å². The third-order valence-corrected chi connectivity index (χ3v) is 4.32. The van der Waals surface area contributed by atoms with Crippen LogP contribution in [0.1, 0.15) is 34.1 Å². The summed E-state index contributed by atoms with van der Waals surface area (Å²) < 4.78 is 20.3. The van der Waals surface area contributed by atoms with E-state index in [4.69, 9.17) is 18.9 Å². The highest BCUT2D eigenvalue weighted by Crippen LogP contribution is 2.38. The van der Waals surface area contributed by atoms with Gasteiger partial charge in [-0.05, 0) is 6.42 Å². The first-order valence-corrected chi connectivity index (χ1v) is 8.39. The normalized spacial score (nSPS) is 31.6. The van der Waals surface area contributed by atoms with Gasteiger partial charge in [-0.25, -0.2) is 0 Å². The van der Waals surface area contributed by atoms with Crippen LogP contribution in [0.5, 0.6) is 0 Å². The molecule has 0 aliphatic heterocycles. The minimum atomic E-state index is -1.84. The molecule has 0 spiro atoms. The first-order chi connectivity index (χ1) is 11.5. The number of hydrogen-bond donors (Lipinski definition) is 1. The van der Waals surface area contributed by atoms with Crippen LogP contribution in [0.3, 0.4) is 0 Å². The molecule has 1 N–H and O–H groups in total. The van der Waals surface area contributed by atoms with Crippen molar-refractivity contribution in [3.8, 4) is 0 Å². The quantitative estimate of drug-likeness (QED) is 0.375. The molecule has 0 aromatic heterocycles. The van der Waals surface area contributed by atoms with Crippen LogP contribution < -0.4 is 0 Å². The molecular formula is C15H21BrO9. The third-order valence-electron chi connectivity index (χ3n) is 3.48. The van der Waals surface area contributed by atoms with E-state index in [2.05, 4.69) is 15.9 Å². The minimum absolute atomic E-state index is 0.0893. The smallest absolute Gasteiger partial charge is 0.303 e. The molecule has 0 bridgehead atoms. The summed E-state index contributed by atoms with van der Waals surface area (Å²) in [5.74, 6) is -2.76. The van der Waals surface area contributed by atoms with Crippen molar-refractivity contribution in [1.82, 2.24) is 0 Å². The zero-order chi connectivity index (χ0) is 19.4. The lowest BCUT2D eigenvalue weighted by atomic mass is 9.78. The Hall–Kier alpha value is -1.68. The SMILES string of the molecule is CC(=O)OC[C@@]1(O)C[C@@H](Br)[C@H](OC(C)=O)[C@@H](OC(C)=O)[C@@H]1OC(C)=O. The summed E-state index contributed by atoms with van der Waals surface area (Å²) >= 11 is 3.28. The first kappa shape index (κ1) is 21.4. The fourth-order valence-corrected chi connectivity index (χ4v) is 3.60. The Morgan fingerprint density at radius 3 is 1.84 bits per heavy atom. The monoisotopic (exact) mass is 424 g/mol. The number of halogens is 1. The molecule has 9 nitrogen and oxygen atoms in total. The Balaban J connectivity index is 3.26. The average molecular weight is 425 g/mol. The summed E-state index contributed by atoms with van der Waals surface area (Å²) in [6, 6.07) is 0. The molecular weight excluding hydrogens is 404 g/mol. The molecule has 1 aliphatic carbocycles. The average Bonchev–Trinajstić information content (AvgIpc) is 2.44. The molecule has 0 heterocycles. The molecule has 5 atom stereocenters. The molecule has 0 amide bonds. The van der Waals surface area contributed by atoms with Crippen LogP contribution in [0.25, 0.3) is 0 Å². The van der Waals surface area contributed by atoms with Crippen molar-refractivity contribution in [3.63, 3.8) is 0 Å². The second-order valence-corrected chi connectivity index (χ2v) is 6.96. The number of esters is 4. The van der Waals surface area contributed by atoms with Gasteiger partial charge >= 0.3 is 23.9 Å². The van der Waals surface area contributed by atoms with Crippen LogP contribution in [0, 0.1) is 0 Å². The summed E-state index contributed by atoms with van der Waals surface area (Å²) in [7, 11) is 0. The number of ether oxygens (including phenoxy) is 4. The molecule has 1 saturated carbocycles. The first-order valence-electron chi connectivity index (χ1n) is 7.47. The lowest BCUT2D eigenvalue weighted by molar-refractivity contribution is -0.231. The summed E-state index contributed by atoms with van der Waals surface area (Å²) in [4.78, 5) is 44.8. The van der Waals surface area contributed by atoms with Crippen molar-refractivity contribution < 1.29 is 43.2 Å². The molecule has 10 heteroatoms. The number of rotatable bonds is 5. The zero-order valence-electron chi connectivity index (χ0n) is 14.3. The van der Waals surface area contributed by atoms with Crippen molar-refractivity contribution >= 4 is 39.8 Å². The van der Waals surface area contributed by atoms with Gasteiger partial charge in [0.05, 0.1) is 4.83 Å². The molecule has 1 rings (SSSR count). The molecule has 0 aromatic rings. The molecule has 142 valence electrons. The van der Waals surface area contributed by atoms with Crippen LogP contribution in [0.4, 0.5) is 0 Å². The highest BCUT2D eigenvalue weighted by molar-refractivity contribution is 9.09. The molecule has 1 fully saturated rings. The predicted molar refractivity (Wildman–Crippen MR) is 85.6 cm³/mol. The van der Waals surface area contributed by atoms with Gasteiger partial charge in [0.15, 0.2) is 18.3 Å². The van der Waals surface area contributed by atoms with Crippen molar-refractivity contribution in [2.24, 2.45) is 0 Å². The van der Waals surface area contributed by atoms with E-state index < -0.39 is 59.2 Å². The van der Waals surface area contributed by atoms with E-state index in [0.717, 1.165) is 20.8 Å². The van der Waals surface area contributed by atoms with Crippen LogP contribution in [-0.2, 0) is 38.1 Å². The second kappa shape index (κ2) is 8.61. The molecule has 0 unspecified atom stereocenters. The molecule has 1 aliphatic rings. The van der Waals surface area contributed by atoms with E-state index in [1.54, 1.807) is 0 Å². The second-order valence-electron chi connectivity index (χ2n) is 5.78. The maximum absolute atomic E-state index is 11.5. The summed E-state index contributed by atoms with van der Waals surface area (Å²) in [5.41, 5.74) is -1.84. The Kier molecular flexibility index (Phi) is 7.36. The van der Waals surface area contributed by atoms with Crippen LogP contribution in [0.2, 0.25) is 0 Å². The van der Waals surface area contributed by atoms with E-state index in [0.29, 0.717) is 0 Å². The van der Waals surface area contributed by atoms with Crippen molar-refractivity contribution in [1.29, 1.82) is 0 Å². The van der Waals surface area contributed by atoms with Crippen LogP contribution >= 0.6 is 15.9 Å². The van der Waals surface area contributed by atoms with Gasteiger partial charge in [-0.1, -0.05) is 15.9 Å². The number of aliphatic hydroxyl groups is 1. The van der Waals surface area contributed by atoms with E-state index in [-0.39, 0.29) is 6.42 Å². The topological polar surface area (TPSA) is 125 Å². The molecule has 0 saturated heterocycles. The lowest BCUT2D eigenvalue weighted by Crippen LogP contribution is -2.66. The van der Waals surface area contributed by atoms with Gasteiger partial charge in [-0.2, -0.15) is 0 Å². The number of carbonyl (C=O) groups excluding carboxylic acids is 4. The minimum Gasteiger partial charge on any atom is -0.463 e. The van der Waals surface area contributed by atoms with E-state index in [1.165, 1.54) is 6.92 Å². The maximum atomic E-state index is 11.5. The van der Waals surface area contributed by atoms with Crippen molar-refractivity contribution in [2.75, 3.05) is 6.61 Å². The Bertz CT molecular complexity index is 549. The fraction of sp³-hybridized carbons (Fsp3) is 0.733. The van der Waals surface area contributed by atoms with Crippen molar-refractivity contribution in [2.45, 2.75) is 62.9 Å². The highest BCUT2D eigenvalue weighted by Gasteiger charge is 2.58. The Morgan fingerprint density at radius 1 is 0.920 bits per heavy atom. The van der Waals surface area contributed by atoms with Gasteiger partial charge in [0.1, 0.15) is 12.2 Å². The predicted octanol–water partition coefficient (Wildman–Crippen LogP) is 0.243. The lowest BCUT2D eigenvalue weighted by Gasteiger charge is -2.47. The van der Waals surface area contributed by atoms with Gasteiger partial charge in [-0.3, -0.25) is 19.2 Å². The Labute approximate surface area is 153 Å². The largest absolute Gasteiger partial charge is 0.463 e. The van der Waals surface area contributed by atoms with E-state index >= 15 is 0 Å². The van der Waals surface area contributed by atoms with Crippen LogP contribution in [-0.4, -0.2) is 64.3 Å². The van der Waals surface area contributed by atoms with Gasteiger partial charge in [0.25, 0.3) is 0 Å². The Morgan fingerprint density at radius 2 is 1.40 bits per heavy atom. The summed E-state index contributed by atoms with van der Waals surface area (Å²) in [6.45, 7) is 4.07. The third kappa shape index (κ3) is 5.96. The summed E-state index contributed by atoms with van der Waals surface area (Å²) in [5, 5.41) is 10.9. The number of hydrogen-bond acceptors (Lipinski definition) is 9. The van der Waals surface area contributed by atoms with Gasteiger partial charge in [0, 0.05) is 27.7 Å². The van der Waals surface area contributed by atoms with Crippen molar-refractivity contribution in [3.05, 3.63) is 0 Å². The van der Waals surface area contributed by atoms with Crippen LogP contribution in [0.15, 0.2) is 0 Å². The van der Waals surface area contributed by atoms with Gasteiger partial charge < -0.3 is 24.1 Å². The molecule has 0 radical (unpaired) electrons. The number of alkyl halides is 1. The molecule has 25 heavy (non-hydrogen) atoms. The van der Waals surface area contributed by atoms with Gasteiger partial charge in [-0.15, -0.1) is 0 Å².